The molecule has 2 aliphatic rings. The van der Waals surface area contributed by atoms with Crippen LogP contribution in [0.25, 0.3) is 32.7 Å². The van der Waals surface area contributed by atoms with Crippen LogP contribution in [0.5, 0.6) is 0 Å². The maximum absolute atomic E-state index is 6.50. The van der Waals surface area contributed by atoms with Gasteiger partial charge < -0.3 is 9.47 Å². The van der Waals surface area contributed by atoms with Crippen LogP contribution in [0, 0.1) is 0 Å². The first-order valence-electron chi connectivity index (χ1n) is 17.7. The van der Waals surface area contributed by atoms with Gasteiger partial charge in [0.25, 0.3) is 0 Å². The van der Waals surface area contributed by atoms with Gasteiger partial charge in [-0.1, -0.05) is 151 Å². The smallest absolute Gasteiger partial charge is 0.217 e. The number of nitrogens with zero attached hydrogens (tertiary/aromatic N) is 2. The second kappa shape index (κ2) is 12.3. The quantitative estimate of drug-likeness (QED) is 0.185. The van der Waals surface area contributed by atoms with Crippen molar-refractivity contribution in [3.8, 4) is 11.1 Å². The molecule has 0 spiro atoms. The molecule has 2 atom stereocenters. The van der Waals surface area contributed by atoms with E-state index < -0.39 is 0 Å². The van der Waals surface area contributed by atoms with Crippen LogP contribution in [0.1, 0.15) is 87.0 Å². The van der Waals surface area contributed by atoms with Gasteiger partial charge in [0.05, 0.1) is 0 Å². The lowest BCUT2D eigenvalue weighted by molar-refractivity contribution is 0.319. The van der Waals surface area contributed by atoms with Crippen LogP contribution < -0.4 is 0 Å². The molecule has 0 aromatic heterocycles. The lowest BCUT2D eigenvalue weighted by atomic mass is 9.81. The first-order valence-corrected chi connectivity index (χ1v) is 17.7. The zero-order chi connectivity index (χ0) is 34.6. The summed E-state index contributed by atoms with van der Waals surface area (Å²) >= 11 is 0. The Kier molecular flexibility index (Phi) is 7.86. The average molecular weight is 657 g/mol. The minimum atomic E-state index is -0.0616. The molecule has 0 radical (unpaired) electrons. The SMILES string of the molecule is CC(C)(C)c1ccc2c(-c3c(C4=NC(c5ccccc5)CO4)ccc4cc(C(C)(C)C)ccc34)c(C3=NC(c4ccccc4)CO3)ccc2c1. The summed E-state index contributed by atoms with van der Waals surface area (Å²) in [6, 6.07) is 43.4. The summed E-state index contributed by atoms with van der Waals surface area (Å²) in [6.45, 7) is 14.6. The second-order valence-corrected chi connectivity index (χ2v) is 15.7. The van der Waals surface area contributed by atoms with Crippen LogP contribution in [-0.2, 0) is 20.3 Å². The standard InChI is InChI=1S/C46H44N2O2/c1-45(2,3)33-19-23-35-31(25-33)17-21-37(43-47-39(27-49-43)29-13-9-7-10-14-29)41(35)42-36-24-20-34(46(4,5)6)26-32(36)18-22-38(42)44-48-40(28-50-44)30-15-11-8-12-16-30/h7-26,39-40H,27-28H2,1-6H3. The third-order valence-electron chi connectivity index (χ3n) is 10.2. The van der Waals surface area contributed by atoms with Gasteiger partial charge in [0.15, 0.2) is 0 Å². The summed E-state index contributed by atoms with van der Waals surface area (Å²) in [5, 5.41) is 4.66. The lowest BCUT2D eigenvalue weighted by Gasteiger charge is -2.23. The van der Waals surface area contributed by atoms with Crippen molar-refractivity contribution < 1.29 is 9.47 Å². The van der Waals surface area contributed by atoms with Crippen LogP contribution in [0.3, 0.4) is 0 Å². The van der Waals surface area contributed by atoms with Crippen molar-refractivity contribution >= 4 is 33.3 Å². The van der Waals surface area contributed by atoms with Gasteiger partial charge in [0.1, 0.15) is 25.3 Å². The average Bonchev–Trinajstić information content (AvgIpc) is 3.82. The highest BCUT2D eigenvalue weighted by atomic mass is 16.5. The molecule has 0 saturated heterocycles. The molecule has 50 heavy (non-hydrogen) atoms. The Labute approximate surface area is 295 Å². The number of rotatable bonds is 5. The van der Waals surface area contributed by atoms with Gasteiger partial charge in [-0.2, -0.15) is 0 Å². The van der Waals surface area contributed by atoms with Crippen molar-refractivity contribution in [3.05, 3.63) is 155 Å². The number of fused-ring (bicyclic) bond motifs is 2. The van der Waals surface area contributed by atoms with Gasteiger partial charge in [-0.25, -0.2) is 9.98 Å². The van der Waals surface area contributed by atoms with E-state index in [1.165, 1.54) is 21.9 Å². The molecule has 6 aromatic rings. The minimum absolute atomic E-state index is 0.0153. The highest BCUT2D eigenvalue weighted by Gasteiger charge is 2.30. The van der Waals surface area contributed by atoms with Crippen LogP contribution in [0.15, 0.2) is 131 Å². The fourth-order valence-electron chi connectivity index (χ4n) is 7.22. The van der Waals surface area contributed by atoms with Gasteiger partial charge >= 0.3 is 0 Å². The van der Waals surface area contributed by atoms with Crippen molar-refractivity contribution in [2.24, 2.45) is 9.98 Å². The Bertz CT molecular complexity index is 2130. The molecule has 8 rings (SSSR count). The minimum Gasteiger partial charge on any atom is -0.475 e. The zero-order valence-corrected chi connectivity index (χ0v) is 29.8. The summed E-state index contributed by atoms with van der Waals surface area (Å²) in [7, 11) is 0. The third-order valence-corrected chi connectivity index (χ3v) is 10.2. The van der Waals surface area contributed by atoms with E-state index in [0.29, 0.717) is 25.0 Å². The van der Waals surface area contributed by atoms with Crippen molar-refractivity contribution in [1.29, 1.82) is 0 Å². The van der Waals surface area contributed by atoms with Gasteiger partial charge in [-0.05, 0) is 66.8 Å². The molecular formula is C46H44N2O2. The summed E-state index contributed by atoms with van der Waals surface area (Å²) in [5.41, 5.74) is 9.07. The van der Waals surface area contributed by atoms with Crippen molar-refractivity contribution in [2.45, 2.75) is 64.5 Å². The maximum atomic E-state index is 6.50. The molecule has 0 saturated carbocycles. The summed E-state index contributed by atoms with van der Waals surface area (Å²) in [4.78, 5) is 10.4. The van der Waals surface area contributed by atoms with Gasteiger partial charge in [-0.15, -0.1) is 0 Å². The normalized spacial score (nSPS) is 17.8. The van der Waals surface area contributed by atoms with E-state index in [9.17, 15) is 0 Å². The molecule has 2 aliphatic heterocycles. The number of hydrogen-bond acceptors (Lipinski definition) is 4. The number of aliphatic imine (C=N–C) groups is 2. The Morgan fingerprint density at radius 3 is 1.26 bits per heavy atom. The van der Waals surface area contributed by atoms with Gasteiger partial charge in [-0.3, -0.25) is 0 Å². The Morgan fingerprint density at radius 2 is 0.880 bits per heavy atom. The molecule has 0 aliphatic carbocycles. The Morgan fingerprint density at radius 1 is 0.480 bits per heavy atom. The van der Waals surface area contributed by atoms with E-state index in [1.54, 1.807) is 0 Å². The van der Waals surface area contributed by atoms with E-state index in [1.807, 2.05) is 12.1 Å². The fourth-order valence-corrected chi connectivity index (χ4v) is 7.22. The molecule has 250 valence electrons. The second-order valence-electron chi connectivity index (χ2n) is 15.7. The monoisotopic (exact) mass is 656 g/mol. The van der Waals surface area contributed by atoms with Crippen molar-refractivity contribution in [3.63, 3.8) is 0 Å². The number of ether oxygens (including phenoxy) is 2. The number of benzene rings is 6. The molecule has 2 heterocycles. The maximum Gasteiger partial charge on any atom is 0.217 e. The topological polar surface area (TPSA) is 43.2 Å². The fraction of sp³-hybridized carbons (Fsp3) is 0.261. The molecule has 2 unspecified atom stereocenters. The van der Waals surface area contributed by atoms with Gasteiger partial charge in [0, 0.05) is 22.3 Å². The number of hydrogen-bond donors (Lipinski definition) is 0. The largest absolute Gasteiger partial charge is 0.475 e. The lowest BCUT2D eigenvalue weighted by Crippen LogP contribution is -2.12. The molecule has 4 nitrogen and oxygen atoms in total. The van der Waals surface area contributed by atoms with E-state index >= 15 is 0 Å². The summed E-state index contributed by atoms with van der Waals surface area (Å²) < 4.78 is 13.0. The first-order chi connectivity index (χ1) is 24.0. The highest BCUT2D eigenvalue weighted by Crippen LogP contribution is 2.44. The van der Waals surface area contributed by atoms with E-state index in [2.05, 4.69) is 151 Å². The van der Waals surface area contributed by atoms with Crippen LogP contribution in [0.4, 0.5) is 0 Å². The molecule has 4 heteroatoms. The van der Waals surface area contributed by atoms with E-state index in [4.69, 9.17) is 19.5 Å². The van der Waals surface area contributed by atoms with Crippen LogP contribution >= 0.6 is 0 Å². The van der Waals surface area contributed by atoms with Crippen LogP contribution in [0.2, 0.25) is 0 Å². The summed E-state index contributed by atoms with van der Waals surface area (Å²) in [5.74, 6) is 1.34. The van der Waals surface area contributed by atoms with Crippen molar-refractivity contribution in [1.82, 2.24) is 0 Å². The van der Waals surface area contributed by atoms with E-state index in [-0.39, 0.29) is 22.9 Å². The molecule has 0 amide bonds. The summed E-state index contributed by atoms with van der Waals surface area (Å²) in [6.07, 6.45) is 0. The third kappa shape index (κ3) is 5.87. The molecule has 0 N–H and O–H groups in total. The highest BCUT2D eigenvalue weighted by molar-refractivity contribution is 6.19. The first kappa shape index (κ1) is 32.0. The zero-order valence-electron chi connectivity index (χ0n) is 29.8. The Hall–Kier alpha value is -5.22. The van der Waals surface area contributed by atoms with E-state index in [0.717, 1.165) is 44.2 Å². The van der Waals surface area contributed by atoms with Crippen molar-refractivity contribution in [2.75, 3.05) is 13.2 Å². The van der Waals surface area contributed by atoms with Gasteiger partial charge in [0.2, 0.25) is 11.8 Å². The predicted octanol–water partition coefficient (Wildman–Crippen LogP) is 11.3. The predicted molar refractivity (Wildman–Crippen MR) is 208 cm³/mol. The van der Waals surface area contributed by atoms with Crippen LogP contribution in [-0.4, -0.2) is 25.0 Å². The Balaban J connectivity index is 1.41. The molecule has 0 bridgehead atoms. The molecular weight excluding hydrogens is 613 g/mol. The molecule has 6 aromatic carbocycles. The molecule has 0 fully saturated rings.